The first-order chi connectivity index (χ1) is 8.03. The largest absolute Gasteiger partial charge is 0.314 e. The number of benzene rings is 1. The van der Waals surface area contributed by atoms with Crippen molar-refractivity contribution in [1.29, 1.82) is 0 Å². The van der Waals surface area contributed by atoms with E-state index in [1.807, 2.05) is 12.1 Å². The molecule has 0 amide bonds. The smallest absolute Gasteiger partial charge is 0.0444 e. The quantitative estimate of drug-likeness (QED) is 0.853. The van der Waals surface area contributed by atoms with Crippen LogP contribution in [0.25, 0.3) is 0 Å². The zero-order chi connectivity index (χ0) is 12.5. The van der Waals surface area contributed by atoms with Crippen molar-refractivity contribution in [2.24, 2.45) is 5.92 Å². The molecule has 0 heterocycles. The third kappa shape index (κ3) is 2.66. The highest BCUT2D eigenvalue weighted by Crippen LogP contribution is 2.49. The van der Waals surface area contributed by atoms with Crippen LogP contribution in [-0.4, -0.2) is 12.6 Å². The third-order valence-electron chi connectivity index (χ3n) is 3.77. The van der Waals surface area contributed by atoms with Crippen molar-refractivity contribution in [1.82, 2.24) is 5.32 Å². The van der Waals surface area contributed by atoms with Crippen molar-refractivity contribution in [3.63, 3.8) is 0 Å². The molecule has 2 rings (SSSR count). The van der Waals surface area contributed by atoms with Crippen LogP contribution in [0.4, 0.5) is 0 Å². The summed E-state index contributed by atoms with van der Waals surface area (Å²) in [5.41, 5.74) is 1.59. The molecule has 0 atom stereocenters. The lowest BCUT2D eigenvalue weighted by molar-refractivity contribution is 0.149. The maximum atomic E-state index is 6.36. The highest BCUT2D eigenvalue weighted by atomic mass is 35.5. The van der Waals surface area contributed by atoms with Crippen molar-refractivity contribution >= 4 is 11.6 Å². The van der Waals surface area contributed by atoms with Crippen molar-refractivity contribution in [2.45, 2.75) is 45.1 Å². The molecule has 0 aliphatic heterocycles. The topological polar surface area (TPSA) is 12.0 Å². The molecular weight excluding hydrogens is 230 g/mol. The Labute approximate surface area is 110 Å². The molecule has 0 unspecified atom stereocenters. The predicted octanol–water partition coefficient (Wildman–Crippen LogP) is 4.01. The summed E-state index contributed by atoms with van der Waals surface area (Å²) < 4.78 is 0. The molecule has 1 aliphatic carbocycles. The van der Waals surface area contributed by atoms with E-state index in [-0.39, 0.29) is 5.41 Å². The van der Waals surface area contributed by atoms with Crippen molar-refractivity contribution < 1.29 is 0 Å². The molecule has 1 aromatic rings. The second-order valence-electron chi connectivity index (χ2n) is 5.81. The minimum atomic E-state index is 0.266. The van der Waals surface area contributed by atoms with Gasteiger partial charge in [0.05, 0.1) is 0 Å². The van der Waals surface area contributed by atoms with Gasteiger partial charge in [-0.1, -0.05) is 50.6 Å². The van der Waals surface area contributed by atoms with Gasteiger partial charge in [0.1, 0.15) is 0 Å². The van der Waals surface area contributed by atoms with Gasteiger partial charge in [0, 0.05) is 23.0 Å². The number of rotatable bonds is 4. The minimum Gasteiger partial charge on any atom is -0.314 e. The van der Waals surface area contributed by atoms with Crippen LogP contribution in [-0.2, 0) is 5.41 Å². The summed E-state index contributed by atoms with van der Waals surface area (Å²) in [5, 5.41) is 4.50. The molecular formula is C15H22ClN. The number of hydrogen-bond donors (Lipinski definition) is 1. The van der Waals surface area contributed by atoms with Gasteiger partial charge in [-0.2, -0.15) is 0 Å². The fourth-order valence-corrected chi connectivity index (χ4v) is 3.36. The fourth-order valence-electron chi connectivity index (χ4n) is 3.02. The summed E-state index contributed by atoms with van der Waals surface area (Å²) in [5.74, 6) is 0.820. The van der Waals surface area contributed by atoms with Gasteiger partial charge in [-0.3, -0.25) is 0 Å². The van der Waals surface area contributed by atoms with Crippen molar-refractivity contribution in [2.75, 3.05) is 6.54 Å². The van der Waals surface area contributed by atoms with Crippen molar-refractivity contribution in [3.05, 3.63) is 34.9 Å². The van der Waals surface area contributed by atoms with Gasteiger partial charge in [0.25, 0.3) is 0 Å². The Kier molecular flexibility index (Phi) is 3.79. The molecule has 0 spiro atoms. The van der Waals surface area contributed by atoms with E-state index in [1.165, 1.54) is 18.4 Å². The monoisotopic (exact) mass is 251 g/mol. The Bertz CT molecular complexity index is 380. The first-order valence-electron chi connectivity index (χ1n) is 6.52. The normalized spacial score (nSPS) is 28.2. The zero-order valence-electron chi connectivity index (χ0n) is 11.0. The summed E-state index contributed by atoms with van der Waals surface area (Å²) in [6, 6.07) is 8.84. The minimum absolute atomic E-state index is 0.266. The van der Waals surface area contributed by atoms with Gasteiger partial charge in [-0.05, 0) is 30.4 Å². The number of nitrogens with one attached hydrogen (secondary N) is 1. The lowest BCUT2D eigenvalue weighted by Crippen LogP contribution is -2.49. The van der Waals surface area contributed by atoms with Gasteiger partial charge in [-0.25, -0.2) is 0 Å². The van der Waals surface area contributed by atoms with E-state index < -0.39 is 0 Å². The van der Waals surface area contributed by atoms with Crippen LogP contribution >= 0.6 is 11.6 Å². The van der Waals surface area contributed by atoms with E-state index in [0.717, 1.165) is 17.5 Å². The standard InChI is InChI=1S/C15H22ClN/c1-11(2)17-10-15(8-12(3)9-15)13-6-4-5-7-14(13)16/h4-7,11-12,17H,8-10H2,1-3H3. The highest BCUT2D eigenvalue weighted by Gasteiger charge is 2.44. The molecule has 1 fully saturated rings. The van der Waals surface area contributed by atoms with E-state index in [0.29, 0.717) is 6.04 Å². The molecule has 1 nitrogen and oxygen atoms in total. The van der Waals surface area contributed by atoms with Crippen LogP contribution in [0, 0.1) is 5.92 Å². The number of halogens is 1. The Morgan fingerprint density at radius 2 is 2.00 bits per heavy atom. The van der Waals surface area contributed by atoms with Gasteiger partial charge in [0.2, 0.25) is 0 Å². The lowest BCUT2D eigenvalue weighted by Gasteiger charge is -2.48. The molecule has 1 aliphatic rings. The molecule has 94 valence electrons. The summed E-state index contributed by atoms with van der Waals surface area (Å²) in [6.45, 7) is 7.76. The maximum absolute atomic E-state index is 6.36. The Morgan fingerprint density at radius 1 is 1.35 bits per heavy atom. The third-order valence-corrected chi connectivity index (χ3v) is 4.10. The lowest BCUT2D eigenvalue weighted by atomic mass is 9.59. The van der Waals surface area contributed by atoms with Crippen LogP contribution in [0.5, 0.6) is 0 Å². The molecule has 2 heteroatoms. The average Bonchev–Trinajstić information content (AvgIpc) is 2.23. The molecule has 1 saturated carbocycles. The van der Waals surface area contributed by atoms with Crippen LogP contribution in [0.3, 0.4) is 0 Å². The van der Waals surface area contributed by atoms with Gasteiger partial charge in [0.15, 0.2) is 0 Å². The molecule has 0 radical (unpaired) electrons. The van der Waals surface area contributed by atoms with E-state index in [4.69, 9.17) is 11.6 Å². The maximum Gasteiger partial charge on any atom is 0.0444 e. The van der Waals surface area contributed by atoms with Crippen LogP contribution in [0.2, 0.25) is 5.02 Å². The van der Waals surface area contributed by atoms with E-state index >= 15 is 0 Å². The van der Waals surface area contributed by atoms with E-state index in [9.17, 15) is 0 Å². The SMILES string of the molecule is CC1CC(CNC(C)C)(c2ccccc2Cl)C1. The predicted molar refractivity (Wildman–Crippen MR) is 74.7 cm³/mol. The summed E-state index contributed by atoms with van der Waals surface area (Å²) in [4.78, 5) is 0. The molecule has 0 bridgehead atoms. The van der Waals surface area contributed by atoms with Crippen LogP contribution in [0.1, 0.15) is 39.2 Å². The van der Waals surface area contributed by atoms with Gasteiger partial charge < -0.3 is 5.32 Å². The Balaban J connectivity index is 2.20. The summed E-state index contributed by atoms with van der Waals surface area (Å²) in [6.07, 6.45) is 2.49. The van der Waals surface area contributed by atoms with Gasteiger partial charge >= 0.3 is 0 Å². The van der Waals surface area contributed by atoms with Crippen molar-refractivity contribution in [3.8, 4) is 0 Å². The first kappa shape index (κ1) is 12.9. The first-order valence-corrected chi connectivity index (χ1v) is 6.90. The molecule has 17 heavy (non-hydrogen) atoms. The number of hydrogen-bond acceptors (Lipinski definition) is 1. The Hall–Kier alpha value is -0.530. The fraction of sp³-hybridized carbons (Fsp3) is 0.600. The van der Waals surface area contributed by atoms with Crippen LogP contribution < -0.4 is 5.32 Å². The van der Waals surface area contributed by atoms with E-state index in [2.05, 4.69) is 38.2 Å². The van der Waals surface area contributed by atoms with Crippen LogP contribution in [0.15, 0.2) is 24.3 Å². The van der Waals surface area contributed by atoms with Gasteiger partial charge in [-0.15, -0.1) is 0 Å². The second-order valence-corrected chi connectivity index (χ2v) is 6.22. The highest BCUT2D eigenvalue weighted by molar-refractivity contribution is 6.31. The Morgan fingerprint density at radius 3 is 2.53 bits per heavy atom. The summed E-state index contributed by atoms with van der Waals surface area (Å²) >= 11 is 6.36. The summed E-state index contributed by atoms with van der Waals surface area (Å²) in [7, 11) is 0. The second kappa shape index (κ2) is 4.99. The molecule has 0 aromatic heterocycles. The molecule has 1 aromatic carbocycles. The molecule has 0 saturated heterocycles. The molecule has 1 N–H and O–H groups in total. The zero-order valence-corrected chi connectivity index (χ0v) is 11.7. The van der Waals surface area contributed by atoms with E-state index in [1.54, 1.807) is 0 Å². The average molecular weight is 252 g/mol.